The summed E-state index contributed by atoms with van der Waals surface area (Å²) in [5.74, 6) is -0.728. The molecule has 0 aliphatic carbocycles. The summed E-state index contributed by atoms with van der Waals surface area (Å²) in [6.45, 7) is 5.32. The molecule has 3 aromatic rings. The molecule has 4 rings (SSSR count). The van der Waals surface area contributed by atoms with E-state index in [1.807, 2.05) is 54.8 Å². The van der Waals surface area contributed by atoms with Crippen molar-refractivity contribution < 1.29 is 14.3 Å². The molecule has 2 heterocycles. The van der Waals surface area contributed by atoms with Crippen LogP contribution in [0.5, 0.6) is 0 Å². The molecule has 1 aliphatic heterocycles. The van der Waals surface area contributed by atoms with Crippen molar-refractivity contribution in [1.29, 1.82) is 0 Å². The molecular weight excluding hydrogens is 436 g/mol. The molecule has 172 valence electrons. The van der Waals surface area contributed by atoms with Crippen LogP contribution < -0.4 is 0 Å². The fraction of sp³-hybridized carbons (Fsp3) is 0.320. The summed E-state index contributed by atoms with van der Waals surface area (Å²) in [5, 5.41) is 0.682. The number of benzene rings is 2. The van der Waals surface area contributed by atoms with Gasteiger partial charge in [0.05, 0.1) is 6.20 Å². The van der Waals surface area contributed by atoms with Crippen molar-refractivity contribution in [3.05, 3.63) is 78.1 Å². The first-order valence-electron chi connectivity index (χ1n) is 11.0. The lowest BCUT2D eigenvalue weighted by Crippen LogP contribution is -2.51. The summed E-state index contributed by atoms with van der Waals surface area (Å²) in [6, 6.07) is 19.8. The van der Waals surface area contributed by atoms with Crippen LogP contribution in [-0.4, -0.2) is 69.8 Å². The lowest BCUT2D eigenvalue weighted by atomic mass is 10.2. The first-order valence-corrected chi connectivity index (χ1v) is 12.2. The van der Waals surface area contributed by atoms with Gasteiger partial charge in [-0.05, 0) is 30.9 Å². The molecule has 1 saturated heterocycles. The van der Waals surface area contributed by atoms with Gasteiger partial charge in [-0.25, -0.2) is 9.78 Å². The summed E-state index contributed by atoms with van der Waals surface area (Å²) in [5.41, 5.74) is 2.39. The molecular formula is C25H28N4O3S. The average molecular weight is 465 g/mol. The Hall–Kier alpha value is -3.10. The van der Waals surface area contributed by atoms with Crippen LogP contribution in [0.4, 0.5) is 0 Å². The Morgan fingerprint density at radius 1 is 1.00 bits per heavy atom. The van der Waals surface area contributed by atoms with Gasteiger partial charge in [0.1, 0.15) is 0 Å². The van der Waals surface area contributed by atoms with Crippen molar-refractivity contribution >= 4 is 23.6 Å². The minimum atomic E-state index is -0.866. The van der Waals surface area contributed by atoms with Crippen molar-refractivity contribution in [2.75, 3.05) is 32.4 Å². The molecule has 8 heteroatoms. The molecule has 1 atom stereocenters. The fourth-order valence-corrected chi connectivity index (χ4v) is 4.49. The molecule has 0 N–H and O–H groups in total. The Morgan fingerprint density at radius 3 is 2.27 bits per heavy atom. The van der Waals surface area contributed by atoms with E-state index >= 15 is 0 Å². The van der Waals surface area contributed by atoms with E-state index in [9.17, 15) is 9.59 Å². The van der Waals surface area contributed by atoms with Gasteiger partial charge in [-0.1, -0.05) is 60.3 Å². The van der Waals surface area contributed by atoms with Crippen LogP contribution >= 0.6 is 11.8 Å². The minimum absolute atomic E-state index is 0.168. The molecule has 1 amide bonds. The van der Waals surface area contributed by atoms with Crippen molar-refractivity contribution in [2.45, 2.75) is 24.7 Å². The SMILES string of the molecule is CSc1ncc(C(=O)OC(C)C(=O)N2CCN(Cc3ccccc3)CC2)n1-c1ccccc1. The zero-order valence-corrected chi connectivity index (χ0v) is 19.7. The number of carbonyl (C=O) groups is 2. The number of nitrogens with zero attached hydrogens (tertiary/aromatic N) is 4. The number of hydrogen-bond acceptors (Lipinski definition) is 6. The van der Waals surface area contributed by atoms with Gasteiger partial charge in [-0.15, -0.1) is 0 Å². The molecule has 2 aromatic carbocycles. The van der Waals surface area contributed by atoms with Crippen LogP contribution in [0.15, 0.2) is 72.0 Å². The molecule has 0 radical (unpaired) electrons. The maximum Gasteiger partial charge on any atom is 0.357 e. The topological polar surface area (TPSA) is 67.7 Å². The molecule has 0 saturated carbocycles. The van der Waals surface area contributed by atoms with E-state index < -0.39 is 12.1 Å². The standard InChI is InChI=1S/C25H28N4O3S/c1-19(23(30)28-15-13-27(14-16-28)18-20-9-5-3-6-10-20)32-24(31)22-17-26-25(33-2)29(22)21-11-7-4-8-12-21/h3-12,17,19H,13-16,18H2,1-2H3. The monoisotopic (exact) mass is 464 g/mol. The first kappa shape index (κ1) is 23.1. The molecule has 1 aromatic heterocycles. The van der Waals surface area contributed by atoms with Crippen LogP contribution in [0, 0.1) is 0 Å². The number of piperazine rings is 1. The molecule has 0 bridgehead atoms. The van der Waals surface area contributed by atoms with E-state index in [-0.39, 0.29) is 5.91 Å². The second-order valence-electron chi connectivity index (χ2n) is 7.94. The summed E-state index contributed by atoms with van der Waals surface area (Å²) in [7, 11) is 0. The van der Waals surface area contributed by atoms with Crippen LogP contribution in [0.2, 0.25) is 0 Å². The van der Waals surface area contributed by atoms with Crippen molar-refractivity contribution in [2.24, 2.45) is 0 Å². The van der Waals surface area contributed by atoms with E-state index in [0.29, 0.717) is 23.9 Å². The van der Waals surface area contributed by atoms with E-state index in [1.165, 1.54) is 23.5 Å². The van der Waals surface area contributed by atoms with Gasteiger partial charge in [0.15, 0.2) is 17.0 Å². The normalized spacial score (nSPS) is 15.3. The number of rotatable bonds is 7. The summed E-state index contributed by atoms with van der Waals surface area (Å²) >= 11 is 1.44. The maximum atomic E-state index is 12.9. The second kappa shape index (κ2) is 10.7. The van der Waals surface area contributed by atoms with Crippen LogP contribution in [0.1, 0.15) is 23.0 Å². The third-order valence-corrected chi connectivity index (χ3v) is 6.35. The third kappa shape index (κ3) is 5.46. The third-order valence-electron chi connectivity index (χ3n) is 5.70. The lowest BCUT2D eigenvalue weighted by molar-refractivity contribution is -0.141. The Bertz CT molecular complexity index is 1080. The molecule has 1 fully saturated rings. The van der Waals surface area contributed by atoms with E-state index in [1.54, 1.807) is 16.4 Å². The fourth-order valence-electron chi connectivity index (χ4n) is 3.95. The van der Waals surface area contributed by atoms with Gasteiger partial charge < -0.3 is 9.64 Å². The van der Waals surface area contributed by atoms with Gasteiger partial charge in [0.2, 0.25) is 0 Å². The molecule has 0 spiro atoms. The highest BCUT2D eigenvalue weighted by Crippen LogP contribution is 2.22. The van der Waals surface area contributed by atoms with E-state index in [0.717, 1.165) is 25.3 Å². The first-order chi connectivity index (χ1) is 16.1. The molecule has 7 nitrogen and oxygen atoms in total. The quantitative estimate of drug-likeness (QED) is 0.394. The van der Waals surface area contributed by atoms with Crippen molar-refractivity contribution in [3.63, 3.8) is 0 Å². The lowest BCUT2D eigenvalue weighted by Gasteiger charge is -2.35. The van der Waals surface area contributed by atoms with Crippen LogP contribution in [-0.2, 0) is 16.1 Å². The van der Waals surface area contributed by atoms with Crippen LogP contribution in [0.25, 0.3) is 5.69 Å². The minimum Gasteiger partial charge on any atom is -0.448 e. The Morgan fingerprint density at radius 2 is 1.64 bits per heavy atom. The largest absolute Gasteiger partial charge is 0.448 e. The van der Waals surface area contributed by atoms with E-state index in [4.69, 9.17) is 4.74 Å². The number of para-hydroxylation sites is 1. The summed E-state index contributed by atoms with van der Waals surface area (Å²) in [6.07, 6.45) is 2.54. The highest BCUT2D eigenvalue weighted by molar-refractivity contribution is 7.98. The van der Waals surface area contributed by atoms with Gasteiger partial charge in [0.25, 0.3) is 5.91 Å². The smallest absolute Gasteiger partial charge is 0.357 e. The number of hydrogen-bond donors (Lipinski definition) is 0. The molecule has 1 aliphatic rings. The van der Waals surface area contributed by atoms with E-state index in [2.05, 4.69) is 22.0 Å². The Balaban J connectivity index is 1.36. The number of imidazole rings is 1. The highest BCUT2D eigenvalue weighted by atomic mass is 32.2. The number of thioether (sulfide) groups is 1. The predicted molar refractivity (Wildman–Crippen MR) is 129 cm³/mol. The molecule has 33 heavy (non-hydrogen) atoms. The zero-order chi connectivity index (χ0) is 23.2. The highest BCUT2D eigenvalue weighted by Gasteiger charge is 2.29. The Kier molecular flexibility index (Phi) is 7.47. The van der Waals surface area contributed by atoms with Gasteiger partial charge in [0, 0.05) is 38.4 Å². The average Bonchev–Trinajstić information content (AvgIpc) is 3.30. The van der Waals surface area contributed by atoms with Gasteiger partial charge in [-0.3, -0.25) is 14.3 Å². The van der Waals surface area contributed by atoms with Crippen molar-refractivity contribution in [3.8, 4) is 5.69 Å². The maximum absolute atomic E-state index is 12.9. The predicted octanol–water partition coefficient (Wildman–Crippen LogP) is 3.48. The summed E-state index contributed by atoms with van der Waals surface area (Å²) in [4.78, 5) is 34.4. The van der Waals surface area contributed by atoms with Crippen molar-refractivity contribution in [1.82, 2.24) is 19.4 Å². The zero-order valence-electron chi connectivity index (χ0n) is 18.9. The molecule has 1 unspecified atom stereocenters. The number of aromatic nitrogens is 2. The Labute approximate surface area is 198 Å². The number of carbonyl (C=O) groups excluding carboxylic acids is 2. The van der Waals surface area contributed by atoms with Gasteiger partial charge in [-0.2, -0.15) is 0 Å². The second-order valence-corrected chi connectivity index (χ2v) is 8.71. The van der Waals surface area contributed by atoms with Crippen LogP contribution in [0.3, 0.4) is 0 Å². The number of amides is 1. The number of esters is 1. The number of ether oxygens (including phenoxy) is 1. The van der Waals surface area contributed by atoms with Gasteiger partial charge >= 0.3 is 5.97 Å². The summed E-state index contributed by atoms with van der Waals surface area (Å²) < 4.78 is 7.34.